The predicted octanol–water partition coefficient (Wildman–Crippen LogP) is 2.31. The quantitative estimate of drug-likeness (QED) is 0.757. The van der Waals surface area contributed by atoms with Gasteiger partial charge in [0.05, 0.1) is 11.9 Å². The first-order chi connectivity index (χ1) is 7.29. The first-order valence-electron chi connectivity index (χ1n) is 4.69. The van der Waals surface area contributed by atoms with Crippen molar-refractivity contribution in [3.63, 3.8) is 0 Å². The zero-order chi connectivity index (χ0) is 10.7. The second-order valence-corrected chi connectivity index (χ2v) is 3.36. The lowest BCUT2D eigenvalue weighted by atomic mass is 10.1. The van der Waals surface area contributed by atoms with Crippen LogP contribution in [0.25, 0.3) is 11.3 Å². The molecule has 0 radical (unpaired) electrons. The number of aryl methyl sites for hydroxylation is 1. The molecule has 1 aromatic heterocycles. The molecule has 1 heterocycles. The summed E-state index contributed by atoms with van der Waals surface area (Å²) in [6, 6.07) is 11.9. The number of nitrogens with zero attached hydrogens (tertiary/aromatic N) is 1. The van der Waals surface area contributed by atoms with Crippen LogP contribution in [0.15, 0.2) is 42.6 Å². The van der Waals surface area contributed by atoms with Gasteiger partial charge in [-0.15, -0.1) is 0 Å². The Kier molecular flexibility index (Phi) is 2.65. The highest BCUT2D eigenvalue weighted by molar-refractivity contribution is 5.59. The molecule has 0 unspecified atom stereocenters. The number of hydrogen-bond acceptors (Lipinski definition) is 3. The minimum absolute atomic E-state index is 0.561. The van der Waals surface area contributed by atoms with Gasteiger partial charge in [-0.25, -0.2) is 0 Å². The number of hydrogen-bond donors (Lipinski definition) is 1. The average molecular weight is 200 g/mol. The van der Waals surface area contributed by atoms with E-state index in [0.29, 0.717) is 5.75 Å². The van der Waals surface area contributed by atoms with Gasteiger partial charge in [-0.2, -0.15) is 5.90 Å². The first-order valence-corrected chi connectivity index (χ1v) is 4.69. The fraction of sp³-hybridized carbons (Fsp3) is 0.0833. The van der Waals surface area contributed by atoms with Crippen molar-refractivity contribution in [2.45, 2.75) is 6.92 Å². The molecule has 3 heteroatoms. The Balaban J connectivity index is 2.33. The largest absolute Gasteiger partial charge is 0.410 e. The van der Waals surface area contributed by atoms with Gasteiger partial charge in [0.2, 0.25) is 0 Å². The van der Waals surface area contributed by atoms with E-state index in [1.807, 2.05) is 18.2 Å². The molecule has 0 bridgehead atoms. The summed E-state index contributed by atoms with van der Waals surface area (Å²) in [6.07, 6.45) is 1.61. The third-order valence-electron chi connectivity index (χ3n) is 2.22. The normalized spacial score (nSPS) is 10.0. The molecule has 0 amide bonds. The number of nitrogens with two attached hydrogens (primary N) is 1. The summed E-state index contributed by atoms with van der Waals surface area (Å²) >= 11 is 0. The maximum absolute atomic E-state index is 5.02. The molecular weight excluding hydrogens is 188 g/mol. The van der Waals surface area contributed by atoms with Crippen molar-refractivity contribution in [3.05, 3.63) is 48.2 Å². The van der Waals surface area contributed by atoms with E-state index in [-0.39, 0.29) is 0 Å². The van der Waals surface area contributed by atoms with Gasteiger partial charge in [-0.1, -0.05) is 29.8 Å². The topological polar surface area (TPSA) is 48.1 Å². The summed E-state index contributed by atoms with van der Waals surface area (Å²) in [6.45, 7) is 2.06. The van der Waals surface area contributed by atoms with Gasteiger partial charge in [-0.05, 0) is 19.1 Å². The minimum Gasteiger partial charge on any atom is -0.410 e. The van der Waals surface area contributed by atoms with E-state index in [1.165, 1.54) is 5.56 Å². The molecule has 3 nitrogen and oxygen atoms in total. The Hall–Kier alpha value is -1.87. The molecule has 0 aliphatic heterocycles. The Morgan fingerprint density at radius 3 is 2.33 bits per heavy atom. The second-order valence-electron chi connectivity index (χ2n) is 3.36. The van der Waals surface area contributed by atoms with E-state index in [9.17, 15) is 0 Å². The van der Waals surface area contributed by atoms with E-state index in [4.69, 9.17) is 5.90 Å². The van der Waals surface area contributed by atoms with Crippen molar-refractivity contribution in [2.75, 3.05) is 0 Å². The summed E-state index contributed by atoms with van der Waals surface area (Å²) in [5.74, 6) is 5.58. The van der Waals surface area contributed by atoms with Gasteiger partial charge in [0.1, 0.15) is 0 Å². The van der Waals surface area contributed by atoms with Crippen molar-refractivity contribution < 1.29 is 4.84 Å². The van der Waals surface area contributed by atoms with Crippen LogP contribution < -0.4 is 10.7 Å². The molecule has 0 saturated heterocycles. The molecule has 2 N–H and O–H groups in total. The van der Waals surface area contributed by atoms with Crippen molar-refractivity contribution in [2.24, 2.45) is 5.90 Å². The van der Waals surface area contributed by atoms with Gasteiger partial charge in [0, 0.05) is 5.56 Å². The molecule has 2 aromatic rings. The van der Waals surface area contributed by atoms with Gasteiger partial charge >= 0.3 is 0 Å². The highest BCUT2D eigenvalue weighted by Gasteiger charge is 1.99. The van der Waals surface area contributed by atoms with Crippen LogP contribution >= 0.6 is 0 Å². The predicted molar refractivity (Wildman–Crippen MR) is 59.2 cm³/mol. The van der Waals surface area contributed by atoms with Crippen LogP contribution in [0.5, 0.6) is 5.75 Å². The molecule has 1 aromatic carbocycles. The first kappa shape index (κ1) is 9.68. The van der Waals surface area contributed by atoms with E-state index >= 15 is 0 Å². The van der Waals surface area contributed by atoms with Gasteiger partial charge in [0.15, 0.2) is 5.75 Å². The molecule has 2 rings (SSSR count). The summed E-state index contributed by atoms with van der Waals surface area (Å²) in [5.41, 5.74) is 3.24. The van der Waals surface area contributed by atoms with Crippen LogP contribution in [-0.2, 0) is 0 Å². The monoisotopic (exact) mass is 200 g/mol. The molecule has 0 spiro atoms. The lowest BCUT2D eigenvalue weighted by Gasteiger charge is -2.02. The summed E-state index contributed by atoms with van der Waals surface area (Å²) in [5, 5.41) is 0. The van der Waals surface area contributed by atoms with Gasteiger partial charge < -0.3 is 4.84 Å². The van der Waals surface area contributed by atoms with Crippen LogP contribution in [0.1, 0.15) is 5.56 Å². The SMILES string of the molecule is Cc1ccc(-c2ccc(ON)cn2)cc1. The Morgan fingerprint density at radius 2 is 1.80 bits per heavy atom. The Labute approximate surface area is 88.5 Å². The minimum atomic E-state index is 0.561. The zero-order valence-corrected chi connectivity index (χ0v) is 8.47. The number of pyridine rings is 1. The Morgan fingerprint density at radius 1 is 1.07 bits per heavy atom. The number of rotatable bonds is 2. The highest BCUT2D eigenvalue weighted by atomic mass is 16.6. The lowest BCUT2D eigenvalue weighted by Crippen LogP contribution is -2.01. The van der Waals surface area contributed by atoms with Gasteiger partial charge in [0.25, 0.3) is 0 Å². The van der Waals surface area contributed by atoms with Crippen molar-refractivity contribution >= 4 is 0 Å². The zero-order valence-electron chi connectivity index (χ0n) is 8.47. The molecule has 0 atom stereocenters. The van der Waals surface area contributed by atoms with Crippen molar-refractivity contribution in [1.82, 2.24) is 4.98 Å². The molecule has 0 aliphatic rings. The summed E-state index contributed by atoms with van der Waals surface area (Å²) in [7, 11) is 0. The second kappa shape index (κ2) is 4.11. The summed E-state index contributed by atoms with van der Waals surface area (Å²) in [4.78, 5) is 8.81. The highest BCUT2D eigenvalue weighted by Crippen LogP contribution is 2.19. The van der Waals surface area contributed by atoms with Gasteiger partial charge in [-0.3, -0.25) is 4.98 Å². The molecular formula is C12H12N2O. The number of benzene rings is 1. The number of aromatic nitrogens is 1. The molecule has 0 saturated carbocycles. The molecule has 0 fully saturated rings. The van der Waals surface area contributed by atoms with Crippen LogP contribution in [0.3, 0.4) is 0 Å². The molecule has 0 aliphatic carbocycles. The maximum Gasteiger partial charge on any atom is 0.165 e. The Bertz CT molecular complexity index is 434. The van der Waals surface area contributed by atoms with E-state index < -0.39 is 0 Å². The maximum atomic E-state index is 5.02. The van der Waals surface area contributed by atoms with E-state index in [0.717, 1.165) is 11.3 Å². The van der Waals surface area contributed by atoms with Crippen molar-refractivity contribution in [1.29, 1.82) is 0 Å². The molecule has 76 valence electrons. The smallest absolute Gasteiger partial charge is 0.165 e. The average Bonchev–Trinajstić information content (AvgIpc) is 2.30. The molecule has 15 heavy (non-hydrogen) atoms. The van der Waals surface area contributed by atoms with Crippen LogP contribution in [-0.4, -0.2) is 4.98 Å². The fourth-order valence-electron chi connectivity index (χ4n) is 1.35. The fourth-order valence-corrected chi connectivity index (χ4v) is 1.35. The standard InChI is InChI=1S/C12H12N2O/c1-9-2-4-10(5-3-9)12-7-6-11(15-13)8-14-12/h2-8H,13H2,1H3. The van der Waals surface area contributed by atoms with Crippen LogP contribution in [0.4, 0.5) is 0 Å². The summed E-state index contributed by atoms with van der Waals surface area (Å²) < 4.78 is 0. The van der Waals surface area contributed by atoms with Crippen molar-refractivity contribution in [3.8, 4) is 17.0 Å². The van der Waals surface area contributed by atoms with E-state index in [2.05, 4.69) is 28.9 Å². The van der Waals surface area contributed by atoms with Crippen LogP contribution in [0.2, 0.25) is 0 Å². The third-order valence-corrected chi connectivity index (χ3v) is 2.22. The lowest BCUT2D eigenvalue weighted by molar-refractivity contribution is 0.333. The van der Waals surface area contributed by atoms with E-state index in [1.54, 1.807) is 12.3 Å². The third kappa shape index (κ3) is 2.14. The van der Waals surface area contributed by atoms with Crippen LogP contribution in [0, 0.1) is 6.92 Å².